The fourth-order valence-electron chi connectivity index (χ4n) is 2.78. The fourth-order valence-corrected chi connectivity index (χ4v) is 2.97. The molecule has 0 aliphatic heterocycles. The maximum absolute atomic E-state index is 12.6. The third-order valence-corrected chi connectivity index (χ3v) is 4.14. The Bertz CT molecular complexity index is 436. The fraction of sp³-hybridized carbons (Fsp3) is 0.600. The molecule has 1 heterocycles. The highest BCUT2D eigenvalue weighted by atomic mass is 35.5. The van der Waals surface area contributed by atoms with E-state index in [0.717, 1.165) is 31.2 Å². The maximum atomic E-state index is 12.6. The molecule has 0 saturated heterocycles. The minimum Gasteiger partial charge on any atom is -0.367 e. The van der Waals surface area contributed by atoms with E-state index in [9.17, 15) is 4.79 Å². The summed E-state index contributed by atoms with van der Waals surface area (Å²) in [6, 6.07) is 1.81. The minimum atomic E-state index is -0.584. The number of hydrogen-bond acceptors (Lipinski definition) is 3. The third kappa shape index (κ3) is 3.34. The summed E-state index contributed by atoms with van der Waals surface area (Å²) in [7, 11) is 0. The molecular formula is C15H20ClNO2. The first kappa shape index (κ1) is 14.5. The van der Waals surface area contributed by atoms with Gasteiger partial charge in [0.15, 0.2) is 5.78 Å². The van der Waals surface area contributed by atoms with Gasteiger partial charge in [0, 0.05) is 25.4 Å². The van der Waals surface area contributed by atoms with Gasteiger partial charge in [0.2, 0.25) is 0 Å². The molecule has 104 valence electrons. The summed E-state index contributed by atoms with van der Waals surface area (Å²) in [6.45, 7) is 2.53. The molecule has 1 aliphatic rings. The van der Waals surface area contributed by atoms with E-state index < -0.39 is 5.60 Å². The second-order valence-electron chi connectivity index (χ2n) is 5.06. The van der Waals surface area contributed by atoms with Crippen LogP contribution < -0.4 is 0 Å². The number of hydrogen-bond donors (Lipinski definition) is 0. The lowest BCUT2D eigenvalue weighted by Gasteiger charge is -2.35. The number of Topliss-reactive ketones (excluding diaryl/α,β-unsaturated/α-hetero) is 1. The van der Waals surface area contributed by atoms with E-state index >= 15 is 0 Å². The Hall–Kier alpha value is -0.930. The summed E-state index contributed by atoms with van der Waals surface area (Å²) in [5, 5.41) is 0.554. The van der Waals surface area contributed by atoms with Crippen LogP contribution in [0.3, 0.4) is 0 Å². The van der Waals surface area contributed by atoms with Crippen molar-refractivity contribution in [1.29, 1.82) is 0 Å². The predicted octanol–water partition coefficient (Wildman–Crippen LogP) is 3.59. The topological polar surface area (TPSA) is 39.2 Å². The molecule has 0 bridgehead atoms. The van der Waals surface area contributed by atoms with Crippen molar-refractivity contribution in [2.24, 2.45) is 0 Å². The lowest BCUT2D eigenvalue weighted by atomic mass is 9.79. The number of rotatable bonds is 5. The van der Waals surface area contributed by atoms with Crippen molar-refractivity contribution >= 4 is 17.4 Å². The molecule has 0 spiro atoms. The standard InChI is InChI=1S/C15H20ClNO2/c1-2-19-15(7-4-3-5-8-15)14(18)10-12-6-9-17-11-13(12)16/h6,9,11H,2-5,7-8,10H2,1H3. The molecule has 0 aromatic carbocycles. The van der Waals surface area contributed by atoms with Crippen molar-refractivity contribution in [3.8, 4) is 0 Å². The van der Waals surface area contributed by atoms with Crippen LogP contribution in [0.1, 0.15) is 44.6 Å². The summed E-state index contributed by atoms with van der Waals surface area (Å²) >= 11 is 6.07. The number of pyridine rings is 1. The number of ether oxygens (including phenoxy) is 1. The van der Waals surface area contributed by atoms with Crippen LogP contribution in [-0.2, 0) is 16.0 Å². The van der Waals surface area contributed by atoms with Crippen LogP contribution in [0.25, 0.3) is 0 Å². The highest BCUT2D eigenvalue weighted by molar-refractivity contribution is 6.31. The van der Waals surface area contributed by atoms with Crippen LogP contribution >= 0.6 is 11.6 Å². The van der Waals surface area contributed by atoms with E-state index in [4.69, 9.17) is 16.3 Å². The Morgan fingerprint density at radius 3 is 2.79 bits per heavy atom. The van der Waals surface area contributed by atoms with Crippen LogP contribution in [0, 0.1) is 0 Å². The number of nitrogens with zero attached hydrogens (tertiary/aromatic N) is 1. The Morgan fingerprint density at radius 1 is 1.42 bits per heavy atom. The lowest BCUT2D eigenvalue weighted by molar-refractivity contribution is -0.148. The second-order valence-corrected chi connectivity index (χ2v) is 5.46. The van der Waals surface area contributed by atoms with Gasteiger partial charge in [-0.1, -0.05) is 30.9 Å². The first-order valence-corrected chi connectivity index (χ1v) is 7.31. The van der Waals surface area contributed by atoms with Gasteiger partial charge in [-0.25, -0.2) is 0 Å². The van der Waals surface area contributed by atoms with E-state index in [1.807, 2.05) is 13.0 Å². The number of aromatic nitrogens is 1. The Labute approximate surface area is 119 Å². The molecule has 4 heteroatoms. The number of ketones is 1. The van der Waals surface area contributed by atoms with Crippen molar-refractivity contribution in [3.05, 3.63) is 29.0 Å². The molecule has 1 fully saturated rings. The van der Waals surface area contributed by atoms with Crippen molar-refractivity contribution in [2.75, 3.05) is 6.61 Å². The molecule has 2 rings (SSSR count). The summed E-state index contributed by atoms with van der Waals surface area (Å²) in [4.78, 5) is 16.6. The van der Waals surface area contributed by atoms with Crippen molar-refractivity contribution in [1.82, 2.24) is 4.98 Å². The molecule has 0 atom stereocenters. The second kappa shape index (κ2) is 6.49. The quantitative estimate of drug-likeness (QED) is 0.828. The highest BCUT2D eigenvalue weighted by Gasteiger charge is 2.39. The largest absolute Gasteiger partial charge is 0.367 e. The molecule has 1 saturated carbocycles. The first-order valence-electron chi connectivity index (χ1n) is 6.93. The molecule has 1 aliphatic carbocycles. The summed E-state index contributed by atoms with van der Waals surface area (Å²) < 4.78 is 5.84. The smallest absolute Gasteiger partial charge is 0.169 e. The summed E-state index contributed by atoms with van der Waals surface area (Å²) in [6.07, 6.45) is 8.58. The average molecular weight is 282 g/mol. The van der Waals surface area contributed by atoms with E-state index in [2.05, 4.69) is 4.98 Å². The zero-order valence-corrected chi connectivity index (χ0v) is 12.1. The molecule has 1 aromatic heterocycles. The van der Waals surface area contributed by atoms with Gasteiger partial charge in [0.05, 0.1) is 5.02 Å². The predicted molar refractivity (Wildman–Crippen MR) is 75.4 cm³/mol. The number of carbonyl (C=O) groups is 1. The SMILES string of the molecule is CCOC1(C(=O)Cc2ccncc2Cl)CCCCC1. The Morgan fingerprint density at radius 2 is 2.16 bits per heavy atom. The number of halogens is 1. The monoisotopic (exact) mass is 281 g/mol. The van der Waals surface area contributed by atoms with Crippen molar-refractivity contribution in [3.63, 3.8) is 0 Å². The van der Waals surface area contributed by atoms with Gasteiger partial charge in [-0.3, -0.25) is 9.78 Å². The molecule has 0 radical (unpaired) electrons. The van der Waals surface area contributed by atoms with Crippen LogP contribution in [-0.4, -0.2) is 23.0 Å². The van der Waals surface area contributed by atoms with Crippen LogP contribution in [0.5, 0.6) is 0 Å². The Kier molecular flexibility index (Phi) is 4.94. The van der Waals surface area contributed by atoms with Crippen LogP contribution in [0.15, 0.2) is 18.5 Å². The zero-order chi connectivity index (χ0) is 13.7. The van der Waals surface area contributed by atoms with Gasteiger partial charge in [0.1, 0.15) is 5.60 Å². The lowest BCUT2D eigenvalue weighted by Crippen LogP contribution is -2.44. The van der Waals surface area contributed by atoms with Gasteiger partial charge in [-0.05, 0) is 31.4 Å². The van der Waals surface area contributed by atoms with Gasteiger partial charge in [-0.15, -0.1) is 0 Å². The van der Waals surface area contributed by atoms with Gasteiger partial charge in [-0.2, -0.15) is 0 Å². The minimum absolute atomic E-state index is 0.155. The number of carbonyl (C=O) groups excluding carboxylic acids is 1. The zero-order valence-electron chi connectivity index (χ0n) is 11.3. The molecular weight excluding hydrogens is 262 g/mol. The molecule has 0 N–H and O–H groups in total. The van der Waals surface area contributed by atoms with Crippen LogP contribution in [0.4, 0.5) is 0 Å². The maximum Gasteiger partial charge on any atom is 0.169 e. The van der Waals surface area contributed by atoms with E-state index in [1.165, 1.54) is 6.42 Å². The molecule has 19 heavy (non-hydrogen) atoms. The van der Waals surface area contributed by atoms with Gasteiger partial charge < -0.3 is 4.74 Å². The highest BCUT2D eigenvalue weighted by Crippen LogP contribution is 2.34. The molecule has 0 unspecified atom stereocenters. The third-order valence-electron chi connectivity index (χ3n) is 3.80. The van der Waals surface area contributed by atoms with Crippen molar-refractivity contribution in [2.45, 2.75) is 51.0 Å². The first-order chi connectivity index (χ1) is 9.18. The van der Waals surface area contributed by atoms with E-state index in [-0.39, 0.29) is 5.78 Å². The van der Waals surface area contributed by atoms with Gasteiger partial charge >= 0.3 is 0 Å². The average Bonchev–Trinajstić information content (AvgIpc) is 2.42. The summed E-state index contributed by atoms with van der Waals surface area (Å²) in [5.41, 5.74) is 0.255. The molecule has 1 aromatic rings. The van der Waals surface area contributed by atoms with E-state index in [0.29, 0.717) is 18.1 Å². The normalized spacial score (nSPS) is 18.2. The van der Waals surface area contributed by atoms with Crippen LogP contribution in [0.2, 0.25) is 5.02 Å². The Balaban J connectivity index is 2.14. The molecule has 0 amide bonds. The van der Waals surface area contributed by atoms with Crippen molar-refractivity contribution < 1.29 is 9.53 Å². The molecule has 3 nitrogen and oxygen atoms in total. The van der Waals surface area contributed by atoms with Gasteiger partial charge in [0.25, 0.3) is 0 Å². The summed E-state index contributed by atoms with van der Waals surface area (Å²) in [5.74, 6) is 0.155. The van der Waals surface area contributed by atoms with E-state index in [1.54, 1.807) is 12.4 Å².